The van der Waals surface area contributed by atoms with Gasteiger partial charge in [0, 0.05) is 18.8 Å². The molecule has 2 aromatic rings. The van der Waals surface area contributed by atoms with Crippen LogP contribution in [0.3, 0.4) is 0 Å². The molecule has 3 rings (SSSR count). The number of benzene rings is 2. The maximum atomic E-state index is 12.7. The van der Waals surface area contributed by atoms with Crippen LogP contribution in [0.4, 0.5) is 5.69 Å². The molecule has 1 aliphatic rings. The third-order valence-corrected chi connectivity index (χ3v) is 7.06. The molecule has 1 unspecified atom stereocenters. The van der Waals surface area contributed by atoms with Crippen molar-refractivity contribution in [3.8, 4) is 5.75 Å². The average Bonchev–Trinajstić information content (AvgIpc) is 2.71. The van der Waals surface area contributed by atoms with Crippen molar-refractivity contribution in [1.29, 1.82) is 0 Å². The average molecular weight is 437 g/mol. The summed E-state index contributed by atoms with van der Waals surface area (Å²) in [7, 11) is -3.49. The molecule has 1 atom stereocenters. The van der Waals surface area contributed by atoms with Crippen LogP contribution in [0.2, 0.25) is 5.02 Å². The molecule has 1 N–H and O–H groups in total. The van der Waals surface area contributed by atoms with Crippen LogP contribution in [0.15, 0.2) is 47.4 Å². The van der Waals surface area contributed by atoms with E-state index in [1.807, 2.05) is 13.0 Å². The van der Waals surface area contributed by atoms with Gasteiger partial charge in [-0.25, -0.2) is 8.42 Å². The van der Waals surface area contributed by atoms with E-state index in [2.05, 4.69) is 5.32 Å². The lowest BCUT2D eigenvalue weighted by Gasteiger charge is -2.25. The molecule has 0 aromatic heterocycles. The molecule has 6 nitrogen and oxygen atoms in total. The first-order valence-electron chi connectivity index (χ1n) is 9.61. The van der Waals surface area contributed by atoms with Crippen molar-refractivity contribution in [2.24, 2.45) is 0 Å². The van der Waals surface area contributed by atoms with Gasteiger partial charge in [0.25, 0.3) is 5.91 Å². The van der Waals surface area contributed by atoms with E-state index >= 15 is 0 Å². The summed E-state index contributed by atoms with van der Waals surface area (Å²) >= 11 is 6.11. The van der Waals surface area contributed by atoms with Gasteiger partial charge in [-0.05, 0) is 68.7 Å². The number of carbonyl (C=O) groups is 1. The van der Waals surface area contributed by atoms with Crippen LogP contribution in [0.5, 0.6) is 5.75 Å². The number of hydrogen-bond donors (Lipinski definition) is 1. The van der Waals surface area contributed by atoms with Crippen LogP contribution in [-0.4, -0.2) is 37.8 Å². The minimum Gasteiger partial charge on any atom is -0.479 e. The van der Waals surface area contributed by atoms with Gasteiger partial charge < -0.3 is 10.1 Å². The third kappa shape index (κ3) is 5.29. The summed E-state index contributed by atoms with van der Waals surface area (Å²) < 4.78 is 32.6. The van der Waals surface area contributed by atoms with Crippen molar-refractivity contribution in [2.75, 3.05) is 18.4 Å². The first-order valence-corrected chi connectivity index (χ1v) is 11.4. The Kier molecular flexibility index (Phi) is 6.82. The Hall–Kier alpha value is -2.09. The van der Waals surface area contributed by atoms with Gasteiger partial charge in [-0.15, -0.1) is 0 Å². The second kappa shape index (κ2) is 9.15. The molecular weight excluding hydrogens is 412 g/mol. The summed E-state index contributed by atoms with van der Waals surface area (Å²) in [5.41, 5.74) is 1.47. The Morgan fingerprint density at radius 2 is 1.76 bits per heavy atom. The number of amides is 1. The molecule has 0 bridgehead atoms. The van der Waals surface area contributed by atoms with Crippen LogP contribution in [0.25, 0.3) is 0 Å². The Balaban J connectivity index is 1.64. The fourth-order valence-electron chi connectivity index (χ4n) is 3.15. The highest BCUT2D eigenvalue weighted by molar-refractivity contribution is 7.89. The third-order valence-electron chi connectivity index (χ3n) is 4.83. The van der Waals surface area contributed by atoms with E-state index in [1.54, 1.807) is 31.2 Å². The molecule has 1 heterocycles. The Bertz CT molecular complexity index is 971. The lowest BCUT2D eigenvalue weighted by molar-refractivity contribution is -0.122. The molecule has 0 spiro atoms. The number of carbonyl (C=O) groups excluding carboxylic acids is 1. The van der Waals surface area contributed by atoms with Gasteiger partial charge in [-0.2, -0.15) is 4.31 Å². The Labute approximate surface area is 176 Å². The zero-order chi connectivity index (χ0) is 21.0. The van der Waals surface area contributed by atoms with Crippen molar-refractivity contribution in [3.05, 3.63) is 53.1 Å². The number of nitrogens with one attached hydrogen (secondary N) is 1. The monoisotopic (exact) mass is 436 g/mol. The molecule has 0 radical (unpaired) electrons. The summed E-state index contributed by atoms with van der Waals surface area (Å²) in [6, 6.07) is 11.6. The number of sulfonamides is 1. The SMILES string of the molecule is Cc1ccc(Cl)c(OC(C)C(=O)Nc2ccc(S(=O)(=O)N3CCCCC3)cc2)c1. The second-order valence-corrected chi connectivity index (χ2v) is 9.52. The predicted octanol–water partition coefficient (Wildman–Crippen LogP) is 4.23. The fraction of sp³-hybridized carbons (Fsp3) is 0.381. The number of halogens is 1. The number of piperidine rings is 1. The zero-order valence-corrected chi connectivity index (χ0v) is 18.1. The van der Waals surface area contributed by atoms with Gasteiger partial charge in [-0.1, -0.05) is 24.1 Å². The van der Waals surface area contributed by atoms with E-state index in [0.29, 0.717) is 29.5 Å². The molecule has 1 fully saturated rings. The van der Waals surface area contributed by atoms with Crippen LogP contribution >= 0.6 is 11.6 Å². The number of ether oxygens (including phenoxy) is 1. The maximum Gasteiger partial charge on any atom is 0.265 e. The number of anilines is 1. The minimum absolute atomic E-state index is 0.230. The van der Waals surface area contributed by atoms with E-state index in [9.17, 15) is 13.2 Å². The van der Waals surface area contributed by atoms with Gasteiger partial charge in [0.1, 0.15) is 5.75 Å². The lowest BCUT2D eigenvalue weighted by atomic mass is 10.2. The Morgan fingerprint density at radius 1 is 1.10 bits per heavy atom. The van der Waals surface area contributed by atoms with Gasteiger partial charge in [-0.3, -0.25) is 4.79 Å². The van der Waals surface area contributed by atoms with Crippen LogP contribution in [0, 0.1) is 6.92 Å². The second-order valence-electron chi connectivity index (χ2n) is 7.17. The smallest absolute Gasteiger partial charge is 0.265 e. The molecule has 0 saturated carbocycles. The summed E-state index contributed by atoms with van der Waals surface area (Å²) in [5, 5.41) is 3.17. The zero-order valence-electron chi connectivity index (χ0n) is 16.5. The number of rotatable bonds is 6. The van der Waals surface area contributed by atoms with Crippen molar-refractivity contribution < 1.29 is 17.9 Å². The van der Waals surface area contributed by atoms with Gasteiger partial charge in [0.15, 0.2) is 6.10 Å². The van der Waals surface area contributed by atoms with E-state index in [0.717, 1.165) is 24.8 Å². The summed E-state index contributed by atoms with van der Waals surface area (Å²) in [6.45, 7) is 4.64. The standard InChI is InChI=1S/C21H25ClN2O4S/c1-15-6-11-19(22)20(14-15)28-16(2)21(25)23-17-7-9-18(10-8-17)29(26,27)24-12-4-3-5-13-24/h6-11,14,16H,3-5,12-13H2,1-2H3,(H,23,25). The first kappa shape index (κ1) is 21.6. The lowest BCUT2D eigenvalue weighted by Crippen LogP contribution is -2.35. The number of aryl methyl sites for hydroxylation is 1. The molecule has 2 aromatic carbocycles. The van der Waals surface area contributed by atoms with Crippen LogP contribution in [-0.2, 0) is 14.8 Å². The van der Waals surface area contributed by atoms with E-state index in [-0.39, 0.29) is 10.8 Å². The maximum absolute atomic E-state index is 12.7. The fourth-order valence-corrected chi connectivity index (χ4v) is 4.83. The molecule has 1 amide bonds. The Morgan fingerprint density at radius 3 is 2.41 bits per heavy atom. The van der Waals surface area contributed by atoms with Crippen LogP contribution in [0.1, 0.15) is 31.7 Å². The van der Waals surface area contributed by atoms with Gasteiger partial charge in [0.2, 0.25) is 10.0 Å². The molecule has 1 saturated heterocycles. The summed E-state index contributed by atoms with van der Waals surface area (Å²) in [6.07, 6.45) is 2.06. The first-order chi connectivity index (χ1) is 13.8. The number of hydrogen-bond acceptors (Lipinski definition) is 4. The quantitative estimate of drug-likeness (QED) is 0.735. The molecular formula is C21H25ClN2O4S. The highest BCUT2D eigenvalue weighted by Gasteiger charge is 2.26. The largest absolute Gasteiger partial charge is 0.479 e. The van der Waals surface area contributed by atoms with Crippen molar-refractivity contribution in [2.45, 2.75) is 44.1 Å². The number of nitrogens with zero attached hydrogens (tertiary/aromatic N) is 1. The highest BCUT2D eigenvalue weighted by Crippen LogP contribution is 2.27. The normalized spacial score (nSPS) is 16.2. The van der Waals surface area contributed by atoms with Gasteiger partial charge >= 0.3 is 0 Å². The van der Waals surface area contributed by atoms with Gasteiger partial charge in [0.05, 0.1) is 9.92 Å². The molecule has 29 heavy (non-hydrogen) atoms. The van der Waals surface area contributed by atoms with E-state index in [4.69, 9.17) is 16.3 Å². The summed E-state index contributed by atoms with van der Waals surface area (Å²) in [4.78, 5) is 12.7. The molecule has 1 aliphatic heterocycles. The molecule has 156 valence electrons. The predicted molar refractivity (Wildman–Crippen MR) is 114 cm³/mol. The van der Waals surface area contributed by atoms with E-state index in [1.165, 1.54) is 16.4 Å². The van der Waals surface area contributed by atoms with Crippen molar-refractivity contribution in [1.82, 2.24) is 4.31 Å². The van der Waals surface area contributed by atoms with Crippen molar-refractivity contribution in [3.63, 3.8) is 0 Å². The van der Waals surface area contributed by atoms with E-state index < -0.39 is 16.1 Å². The molecule has 8 heteroatoms. The molecule has 0 aliphatic carbocycles. The van der Waals surface area contributed by atoms with Crippen molar-refractivity contribution >= 4 is 33.2 Å². The topological polar surface area (TPSA) is 75.7 Å². The minimum atomic E-state index is -3.49. The van der Waals surface area contributed by atoms with Crippen LogP contribution < -0.4 is 10.1 Å². The highest BCUT2D eigenvalue weighted by atomic mass is 35.5. The summed E-state index contributed by atoms with van der Waals surface area (Å²) in [5.74, 6) is 0.0894.